The van der Waals surface area contributed by atoms with Crippen molar-refractivity contribution in [3.05, 3.63) is 52.9 Å². The Kier molecular flexibility index (Phi) is 3.62. The van der Waals surface area contributed by atoms with Gasteiger partial charge >= 0.3 is 0 Å². The minimum Gasteiger partial charge on any atom is -0.399 e. The maximum absolute atomic E-state index is 11.4. The van der Waals surface area contributed by atoms with E-state index in [-0.39, 0.29) is 10.6 Å². The fraction of sp³-hybridized carbons (Fsp3) is 0. The first-order valence-corrected chi connectivity index (χ1v) is 6.88. The number of nitrogens with zero attached hydrogens (tertiary/aromatic N) is 3. The average molecular weight is 290 g/mol. The molecule has 0 radical (unpaired) electrons. The molecular formula is C12H10N4O3S. The Hall–Kier alpha value is -2.54. The summed E-state index contributed by atoms with van der Waals surface area (Å²) in [5, 5.41) is 3.31. The van der Waals surface area contributed by atoms with E-state index < -0.39 is 10.1 Å². The Morgan fingerprint density at radius 2 is 1.80 bits per heavy atom. The third-order valence-corrected chi connectivity index (χ3v) is 3.52. The van der Waals surface area contributed by atoms with Crippen LogP contribution in [0, 0.1) is 0 Å². The summed E-state index contributed by atoms with van der Waals surface area (Å²) in [6.07, 6.45) is 0. The van der Waals surface area contributed by atoms with E-state index in [1.165, 1.54) is 12.1 Å². The lowest BCUT2D eigenvalue weighted by atomic mass is 10.1. The maximum atomic E-state index is 11.4. The van der Waals surface area contributed by atoms with Crippen LogP contribution in [0.3, 0.4) is 0 Å². The molecule has 0 fully saturated rings. The van der Waals surface area contributed by atoms with E-state index in [0.29, 0.717) is 16.8 Å². The van der Waals surface area contributed by atoms with Crippen LogP contribution in [0.5, 0.6) is 0 Å². The highest BCUT2D eigenvalue weighted by Crippen LogP contribution is 2.31. The molecule has 0 spiro atoms. The molecule has 102 valence electrons. The van der Waals surface area contributed by atoms with Gasteiger partial charge in [0, 0.05) is 21.8 Å². The molecule has 0 heterocycles. The molecule has 0 saturated heterocycles. The number of hydrogen-bond donors (Lipinski definition) is 2. The van der Waals surface area contributed by atoms with Gasteiger partial charge in [-0.15, -0.1) is 0 Å². The van der Waals surface area contributed by atoms with Crippen LogP contribution in [0.2, 0.25) is 0 Å². The number of nitrogens with two attached hydrogens (primary N) is 1. The number of rotatable bonds is 3. The lowest BCUT2D eigenvalue weighted by Crippen LogP contribution is -2.00. The first-order chi connectivity index (χ1) is 9.41. The molecule has 0 amide bonds. The Morgan fingerprint density at radius 1 is 1.15 bits per heavy atom. The standard InChI is InChI=1S/C12H10N4O3S/c13-9-3-1-8(2-4-9)11-6-5-10(15-16-14)7-12(11)20(17,18)19/h1-7H,13H2,(H,17,18,19). The fourth-order valence-corrected chi connectivity index (χ4v) is 2.47. The predicted octanol–water partition coefficient (Wildman–Crippen LogP) is 3.12. The molecule has 20 heavy (non-hydrogen) atoms. The lowest BCUT2D eigenvalue weighted by molar-refractivity contribution is 0.483. The van der Waals surface area contributed by atoms with Crippen molar-refractivity contribution in [1.29, 1.82) is 0 Å². The molecule has 0 aliphatic rings. The quantitative estimate of drug-likeness (QED) is 0.295. The SMILES string of the molecule is [N-]=[N+]=Nc1ccc(-c2ccc(N)cc2)c(S(=O)(=O)O)c1. The van der Waals surface area contributed by atoms with Gasteiger partial charge in [-0.05, 0) is 29.3 Å². The Labute approximate surface area is 115 Å². The predicted molar refractivity (Wildman–Crippen MR) is 74.9 cm³/mol. The van der Waals surface area contributed by atoms with E-state index in [0.717, 1.165) is 6.07 Å². The molecule has 0 aliphatic heterocycles. The number of azide groups is 1. The van der Waals surface area contributed by atoms with Crippen LogP contribution in [0.25, 0.3) is 21.6 Å². The van der Waals surface area contributed by atoms with Crippen molar-refractivity contribution >= 4 is 21.5 Å². The van der Waals surface area contributed by atoms with Crippen LogP contribution in [0.15, 0.2) is 52.5 Å². The van der Waals surface area contributed by atoms with E-state index in [1.54, 1.807) is 24.3 Å². The molecule has 0 bridgehead atoms. The Balaban J connectivity index is 2.69. The second-order valence-electron chi connectivity index (χ2n) is 3.97. The molecule has 0 atom stereocenters. The monoisotopic (exact) mass is 290 g/mol. The summed E-state index contributed by atoms with van der Waals surface area (Å²) in [7, 11) is -4.45. The minimum absolute atomic E-state index is 0.0966. The van der Waals surface area contributed by atoms with E-state index in [2.05, 4.69) is 10.0 Å². The van der Waals surface area contributed by atoms with E-state index in [1.807, 2.05) is 0 Å². The molecule has 0 aliphatic carbocycles. The molecule has 8 heteroatoms. The molecule has 2 aromatic carbocycles. The summed E-state index contributed by atoms with van der Waals surface area (Å²) in [6.45, 7) is 0. The molecular weight excluding hydrogens is 280 g/mol. The highest BCUT2D eigenvalue weighted by molar-refractivity contribution is 7.86. The van der Waals surface area contributed by atoms with Crippen molar-refractivity contribution in [2.24, 2.45) is 5.11 Å². The van der Waals surface area contributed by atoms with Gasteiger partial charge in [-0.25, -0.2) is 0 Å². The third kappa shape index (κ3) is 2.89. The highest BCUT2D eigenvalue weighted by atomic mass is 32.2. The molecule has 2 rings (SSSR count). The van der Waals surface area contributed by atoms with Gasteiger partial charge in [-0.1, -0.05) is 29.4 Å². The van der Waals surface area contributed by atoms with Gasteiger partial charge in [0.2, 0.25) is 0 Å². The highest BCUT2D eigenvalue weighted by Gasteiger charge is 2.17. The summed E-state index contributed by atoms with van der Waals surface area (Å²) >= 11 is 0. The van der Waals surface area contributed by atoms with Crippen LogP contribution in [-0.4, -0.2) is 13.0 Å². The van der Waals surface area contributed by atoms with Crippen LogP contribution in [0.1, 0.15) is 0 Å². The van der Waals surface area contributed by atoms with E-state index in [4.69, 9.17) is 11.3 Å². The van der Waals surface area contributed by atoms with Crippen molar-refractivity contribution in [2.45, 2.75) is 4.90 Å². The number of anilines is 1. The first kappa shape index (κ1) is 13.9. The van der Waals surface area contributed by atoms with Crippen LogP contribution in [-0.2, 0) is 10.1 Å². The largest absolute Gasteiger partial charge is 0.399 e. The summed E-state index contributed by atoms with van der Waals surface area (Å²) < 4.78 is 32.2. The molecule has 0 saturated carbocycles. The van der Waals surface area contributed by atoms with Gasteiger partial charge in [0.1, 0.15) is 4.90 Å². The summed E-state index contributed by atoms with van der Waals surface area (Å²) in [5.74, 6) is 0. The average Bonchev–Trinajstić information content (AvgIpc) is 2.39. The first-order valence-electron chi connectivity index (χ1n) is 5.44. The van der Waals surface area contributed by atoms with Gasteiger partial charge in [-0.2, -0.15) is 8.42 Å². The van der Waals surface area contributed by atoms with Gasteiger partial charge in [0.25, 0.3) is 10.1 Å². The summed E-state index contributed by atoms with van der Waals surface area (Å²) in [4.78, 5) is 2.25. The van der Waals surface area contributed by atoms with Crippen LogP contribution in [0.4, 0.5) is 11.4 Å². The van der Waals surface area contributed by atoms with Gasteiger partial charge in [-0.3, -0.25) is 4.55 Å². The van der Waals surface area contributed by atoms with Gasteiger partial charge < -0.3 is 5.73 Å². The Morgan fingerprint density at radius 3 is 2.35 bits per heavy atom. The molecule has 7 nitrogen and oxygen atoms in total. The zero-order chi connectivity index (χ0) is 14.8. The van der Waals surface area contributed by atoms with Gasteiger partial charge in [0.05, 0.1) is 0 Å². The summed E-state index contributed by atoms with van der Waals surface area (Å²) in [5.41, 5.74) is 15.4. The Bertz CT molecular complexity index is 794. The van der Waals surface area contributed by atoms with Crippen molar-refractivity contribution in [3.63, 3.8) is 0 Å². The smallest absolute Gasteiger partial charge is 0.295 e. The second-order valence-corrected chi connectivity index (χ2v) is 5.36. The van der Waals surface area contributed by atoms with E-state index >= 15 is 0 Å². The second kappa shape index (κ2) is 5.22. The van der Waals surface area contributed by atoms with Crippen molar-refractivity contribution in [2.75, 3.05) is 5.73 Å². The lowest BCUT2D eigenvalue weighted by Gasteiger charge is -2.08. The zero-order valence-corrected chi connectivity index (χ0v) is 10.9. The number of benzene rings is 2. The third-order valence-electron chi connectivity index (χ3n) is 2.62. The molecule has 0 aromatic heterocycles. The van der Waals surface area contributed by atoms with Crippen molar-refractivity contribution in [3.8, 4) is 11.1 Å². The minimum atomic E-state index is -4.45. The fourth-order valence-electron chi connectivity index (χ4n) is 1.74. The van der Waals surface area contributed by atoms with Gasteiger partial charge in [0.15, 0.2) is 0 Å². The molecule has 3 N–H and O–H groups in total. The van der Waals surface area contributed by atoms with Crippen LogP contribution < -0.4 is 5.73 Å². The topological polar surface area (TPSA) is 129 Å². The number of nitrogen functional groups attached to an aromatic ring is 1. The molecule has 0 unspecified atom stereocenters. The normalized spacial score (nSPS) is 10.8. The maximum Gasteiger partial charge on any atom is 0.295 e. The number of hydrogen-bond acceptors (Lipinski definition) is 4. The van der Waals surface area contributed by atoms with Crippen molar-refractivity contribution in [1.82, 2.24) is 0 Å². The summed E-state index contributed by atoms with van der Waals surface area (Å²) in [6, 6.07) is 10.5. The molecule has 2 aromatic rings. The van der Waals surface area contributed by atoms with Crippen molar-refractivity contribution < 1.29 is 13.0 Å². The van der Waals surface area contributed by atoms with E-state index in [9.17, 15) is 13.0 Å². The zero-order valence-electron chi connectivity index (χ0n) is 10.1. The van der Waals surface area contributed by atoms with Crippen LogP contribution >= 0.6 is 0 Å².